The Morgan fingerprint density at radius 1 is 1.08 bits per heavy atom. The van der Waals surface area contributed by atoms with Gasteiger partial charge in [-0.2, -0.15) is 0 Å². The van der Waals surface area contributed by atoms with Crippen molar-refractivity contribution in [3.05, 3.63) is 59.5 Å². The van der Waals surface area contributed by atoms with Crippen LogP contribution in [0, 0.1) is 6.92 Å². The number of rotatable bonds is 2. The van der Waals surface area contributed by atoms with Crippen LogP contribution in [-0.4, -0.2) is 23.1 Å². The predicted molar refractivity (Wildman–Crippen MR) is 96.6 cm³/mol. The van der Waals surface area contributed by atoms with Gasteiger partial charge in [-0.15, -0.1) is 0 Å². The summed E-state index contributed by atoms with van der Waals surface area (Å²) in [5.41, 5.74) is 6.04. The first kappa shape index (κ1) is 15.0. The molecule has 1 aliphatic rings. The molecule has 120 valence electrons. The zero-order chi connectivity index (χ0) is 16.5. The first-order valence-electron chi connectivity index (χ1n) is 7.80. The summed E-state index contributed by atoms with van der Waals surface area (Å²) in [4.78, 5) is 8.69. The van der Waals surface area contributed by atoms with Crippen molar-refractivity contribution in [1.29, 1.82) is 0 Å². The van der Waals surface area contributed by atoms with Gasteiger partial charge in [0.1, 0.15) is 12.3 Å². The molecule has 0 atom stereocenters. The third-order valence-corrected chi connectivity index (χ3v) is 4.36. The van der Waals surface area contributed by atoms with Gasteiger partial charge in [0.15, 0.2) is 0 Å². The molecule has 0 spiro atoms. The van der Waals surface area contributed by atoms with Crippen LogP contribution < -0.4 is 10.1 Å². The molecule has 0 fully saturated rings. The second-order valence-corrected chi connectivity index (χ2v) is 6.17. The second kappa shape index (κ2) is 6.13. The van der Waals surface area contributed by atoms with Crippen LogP contribution in [0.2, 0.25) is 5.02 Å². The Kier molecular flexibility index (Phi) is 3.82. The van der Waals surface area contributed by atoms with Crippen LogP contribution in [0.4, 0.5) is 5.69 Å². The van der Waals surface area contributed by atoms with Crippen LogP contribution in [0.25, 0.3) is 22.3 Å². The summed E-state index contributed by atoms with van der Waals surface area (Å²) in [7, 11) is 0. The summed E-state index contributed by atoms with van der Waals surface area (Å²) in [5.74, 6) is 0.637. The highest BCUT2D eigenvalue weighted by molar-refractivity contribution is 6.33. The van der Waals surface area contributed by atoms with Gasteiger partial charge in [-0.1, -0.05) is 23.7 Å². The lowest BCUT2D eigenvalue weighted by Crippen LogP contribution is -2.19. The lowest BCUT2D eigenvalue weighted by atomic mass is 10.0. The van der Waals surface area contributed by atoms with E-state index in [-0.39, 0.29) is 0 Å². The molecule has 0 saturated carbocycles. The van der Waals surface area contributed by atoms with E-state index in [2.05, 4.69) is 27.4 Å². The first-order valence-corrected chi connectivity index (χ1v) is 8.18. The van der Waals surface area contributed by atoms with Crippen molar-refractivity contribution in [2.45, 2.75) is 6.92 Å². The lowest BCUT2D eigenvalue weighted by molar-refractivity contribution is 0.310. The monoisotopic (exact) mass is 337 g/mol. The number of nitrogens with zero attached hydrogens (tertiary/aromatic N) is 2. The highest BCUT2D eigenvalue weighted by Gasteiger charge is 2.17. The van der Waals surface area contributed by atoms with Crippen molar-refractivity contribution in [3.63, 3.8) is 0 Å². The molecular weight excluding hydrogens is 322 g/mol. The molecule has 1 N–H and O–H groups in total. The number of hydrogen-bond donors (Lipinski definition) is 1. The van der Waals surface area contributed by atoms with Gasteiger partial charge in [-0.3, -0.25) is 4.98 Å². The summed E-state index contributed by atoms with van der Waals surface area (Å²) in [6, 6.07) is 10.1. The highest BCUT2D eigenvalue weighted by atomic mass is 35.5. The van der Waals surface area contributed by atoms with Crippen molar-refractivity contribution in [1.82, 2.24) is 9.97 Å². The van der Waals surface area contributed by atoms with E-state index in [1.54, 1.807) is 6.20 Å². The van der Waals surface area contributed by atoms with Crippen LogP contribution in [0.5, 0.6) is 5.88 Å². The standard InChI is InChI=1S/C19H16ClN3O/c1-12-2-3-15(17(20)8-12)13-9-14(11-21-10-13)16-4-5-23-19-18(16)22-6-7-24-19/h2-5,8-11,22H,6-7H2,1H3. The van der Waals surface area contributed by atoms with Crippen LogP contribution >= 0.6 is 11.6 Å². The van der Waals surface area contributed by atoms with E-state index in [1.807, 2.05) is 37.5 Å². The van der Waals surface area contributed by atoms with Crippen LogP contribution in [0.3, 0.4) is 0 Å². The molecule has 5 heteroatoms. The lowest BCUT2D eigenvalue weighted by Gasteiger charge is -2.20. The molecule has 4 rings (SSSR count). The Morgan fingerprint density at radius 2 is 1.92 bits per heavy atom. The number of halogens is 1. The van der Waals surface area contributed by atoms with Crippen LogP contribution in [-0.2, 0) is 0 Å². The number of fused-ring (bicyclic) bond motifs is 1. The Labute approximate surface area is 145 Å². The van der Waals surface area contributed by atoms with E-state index >= 15 is 0 Å². The fourth-order valence-corrected chi connectivity index (χ4v) is 3.22. The van der Waals surface area contributed by atoms with Crippen LogP contribution in [0.1, 0.15) is 5.56 Å². The molecule has 4 nitrogen and oxygen atoms in total. The number of aromatic nitrogens is 2. The van der Waals surface area contributed by atoms with E-state index in [0.717, 1.165) is 45.1 Å². The van der Waals surface area contributed by atoms with Crippen molar-refractivity contribution in [2.75, 3.05) is 18.5 Å². The number of aryl methyl sites for hydroxylation is 1. The first-order chi connectivity index (χ1) is 11.7. The summed E-state index contributed by atoms with van der Waals surface area (Å²) in [6.07, 6.45) is 5.43. The Balaban J connectivity index is 1.81. The maximum atomic E-state index is 6.41. The van der Waals surface area contributed by atoms with Crippen molar-refractivity contribution in [3.8, 4) is 28.1 Å². The van der Waals surface area contributed by atoms with E-state index < -0.39 is 0 Å². The van der Waals surface area contributed by atoms with Crippen molar-refractivity contribution >= 4 is 17.3 Å². The molecule has 0 amide bonds. The SMILES string of the molecule is Cc1ccc(-c2cncc(-c3ccnc4c3NCCO4)c2)c(Cl)c1. The molecule has 0 aliphatic carbocycles. The van der Waals surface area contributed by atoms with Gasteiger partial charge < -0.3 is 10.1 Å². The summed E-state index contributed by atoms with van der Waals surface area (Å²) in [5, 5.41) is 4.10. The average molecular weight is 338 g/mol. The van der Waals surface area contributed by atoms with E-state index in [1.165, 1.54) is 0 Å². The number of ether oxygens (including phenoxy) is 1. The van der Waals surface area contributed by atoms with Gasteiger partial charge in [0.2, 0.25) is 5.88 Å². The van der Waals surface area contributed by atoms with Gasteiger partial charge in [0.25, 0.3) is 0 Å². The predicted octanol–water partition coefficient (Wildman–Crippen LogP) is 4.58. The number of benzene rings is 1. The number of nitrogens with one attached hydrogen (secondary N) is 1. The fourth-order valence-electron chi connectivity index (χ4n) is 2.88. The van der Waals surface area contributed by atoms with Gasteiger partial charge in [-0.05, 0) is 30.7 Å². The molecule has 2 aromatic heterocycles. The molecule has 3 aromatic rings. The maximum Gasteiger partial charge on any atom is 0.238 e. The molecule has 24 heavy (non-hydrogen) atoms. The number of anilines is 1. The normalized spacial score (nSPS) is 12.9. The summed E-state index contributed by atoms with van der Waals surface area (Å²) in [6.45, 7) is 3.42. The quantitative estimate of drug-likeness (QED) is 0.743. The van der Waals surface area contributed by atoms with E-state index in [4.69, 9.17) is 16.3 Å². The van der Waals surface area contributed by atoms with Gasteiger partial charge in [0, 0.05) is 52.4 Å². The van der Waals surface area contributed by atoms with Gasteiger partial charge in [-0.25, -0.2) is 4.98 Å². The smallest absolute Gasteiger partial charge is 0.238 e. The highest BCUT2D eigenvalue weighted by Crippen LogP contribution is 2.37. The Bertz CT molecular complexity index is 911. The zero-order valence-corrected chi connectivity index (χ0v) is 14.0. The minimum absolute atomic E-state index is 0.626. The molecule has 0 saturated heterocycles. The Morgan fingerprint density at radius 3 is 2.75 bits per heavy atom. The van der Waals surface area contributed by atoms with Crippen molar-refractivity contribution in [2.24, 2.45) is 0 Å². The molecule has 0 unspecified atom stereocenters. The third kappa shape index (κ3) is 2.69. The summed E-state index contributed by atoms with van der Waals surface area (Å²) < 4.78 is 5.62. The maximum absolute atomic E-state index is 6.41. The summed E-state index contributed by atoms with van der Waals surface area (Å²) >= 11 is 6.41. The molecule has 0 bridgehead atoms. The largest absolute Gasteiger partial charge is 0.474 e. The molecule has 3 heterocycles. The molecule has 0 radical (unpaired) electrons. The van der Waals surface area contributed by atoms with E-state index in [9.17, 15) is 0 Å². The van der Waals surface area contributed by atoms with Gasteiger partial charge in [0.05, 0.1) is 0 Å². The van der Waals surface area contributed by atoms with Crippen LogP contribution in [0.15, 0.2) is 48.9 Å². The average Bonchev–Trinajstić information content (AvgIpc) is 2.61. The second-order valence-electron chi connectivity index (χ2n) is 5.76. The number of pyridine rings is 2. The Hall–Kier alpha value is -2.59. The minimum Gasteiger partial charge on any atom is -0.474 e. The molecule has 1 aliphatic heterocycles. The zero-order valence-electron chi connectivity index (χ0n) is 13.2. The van der Waals surface area contributed by atoms with E-state index in [0.29, 0.717) is 12.5 Å². The third-order valence-electron chi connectivity index (χ3n) is 4.04. The molecule has 1 aromatic carbocycles. The fraction of sp³-hybridized carbons (Fsp3) is 0.158. The van der Waals surface area contributed by atoms with Gasteiger partial charge >= 0.3 is 0 Å². The van der Waals surface area contributed by atoms with Crippen molar-refractivity contribution < 1.29 is 4.74 Å². The minimum atomic E-state index is 0.626. The number of hydrogen-bond acceptors (Lipinski definition) is 4. The topological polar surface area (TPSA) is 47.0 Å². The molecular formula is C19H16ClN3O.